The lowest BCUT2D eigenvalue weighted by atomic mass is 9.73. The first-order valence-electron chi connectivity index (χ1n) is 8.58. The summed E-state index contributed by atoms with van der Waals surface area (Å²) in [5.74, 6) is 0. The van der Waals surface area contributed by atoms with Crippen LogP contribution in [0.2, 0.25) is 0 Å². The van der Waals surface area contributed by atoms with Crippen molar-refractivity contribution < 1.29 is 13.2 Å². The minimum Gasteiger partial charge on any atom is -0.379 e. The topological polar surface area (TPSA) is 61.9 Å². The van der Waals surface area contributed by atoms with Crippen LogP contribution in [0, 0.1) is 0 Å². The van der Waals surface area contributed by atoms with Crippen molar-refractivity contribution in [3.05, 3.63) is 35.9 Å². The van der Waals surface area contributed by atoms with E-state index in [1.54, 1.807) is 0 Å². The number of rotatable bonds is 5. The van der Waals surface area contributed by atoms with Gasteiger partial charge in [-0.25, -0.2) is 4.72 Å². The molecule has 0 bridgehead atoms. The minimum atomic E-state index is -3.45. The van der Waals surface area contributed by atoms with Crippen molar-refractivity contribution in [2.75, 3.05) is 53.0 Å². The lowest BCUT2D eigenvalue weighted by Gasteiger charge is -2.41. The molecule has 0 radical (unpaired) electrons. The molecule has 0 saturated carbocycles. The molecular weight excluding hydrogens is 326 g/mol. The molecule has 3 rings (SSSR count). The molecule has 0 atom stereocenters. The first-order valence-corrected chi connectivity index (χ1v) is 10.0. The Morgan fingerprint density at radius 1 is 1.08 bits per heavy atom. The summed E-state index contributed by atoms with van der Waals surface area (Å²) in [6, 6.07) is 10.3. The number of morpholine rings is 1. The minimum absolute atomic E-state index is 0.132. The lowest BCUT2D eigenvalue weighted by Crippen LogP contribution is -2.52. The quantitative estimate of drug-likeness (QED) is 0.851. The molecule has 2 aliphatic rings. The summed E-state index contributed by atoms with van der Waals surface area (Å²) in [6.07, 6.45) is 1.91. The highest BCUT2D eigenvalue weighted by Gasteiger charge is 2.37. The fourth-order valence-corrected chi connectivity index (χ4v) is 4.78. The van der Waals surface area contributed by atoms with Gasteiger partial charge in [-0.15, -0.1) is 0 Å². The summed E-state index contributed by atoms with van der Waals surface area (Å²) < 4.78 is 34.8. The van der Waals surface area contributed by atoms with Crippen LogP contribution in [0.1, 0.15) is 18.4 Å². The van der Waals surface area contributed by atoms with Crippen molar-refractivity contribution in [2.45, 2.75) is 18.3 Å². The highest BCUT2D eigenvalue weighted by atomic mass is 32.2. The fraction of sp³-hybridized carbons (Fsp3) is 0.647. The van der Waals surface area contributed by atoms with E-state index in [0.717, 1.165) is 25.9 Å². The summed E-state index contributed by atoms with van der Waals surface area (Å²) in [7, 11) is -1.33. The smallest absolute Gasteiger partial charge is 0.279 e. The van der Waals surface area contributed by atoms with Crippen LogP contribution in [0.4, 0.5) is 0 Å². The largest absolute Gasteiger partial charge is 0.379 e. The van der Waals surface area contributed by atoms with Gasteiger partial charge in [-0.1, -0.05) is 30.3 Å². The number of likely N-dealkylation sites (tertiary alicyclic amines) is 1. The molecule has 1 aromatic rings. The van der Waals surface area contributed by atoms with Crippen molar-refractivity contribution in [2.24, 2.45) is 0 Å². The number of hydrogen-bond acceptors (Lipinski definition) is 4. The number of piperidine rings is 1. The van der Waals surface area contributed by atoms with Gasteiger partial charge in [-0.2, -0.15) is 12.7 Å². The second kappa shape index (κ2) is 7.49. The maximum Gasteiger partial charge on any atom is 0.279 e. The zero-order valence-electron chi connectivity index (χ0n) is 14.3. The first kappa shape index (κ1) is 17.8. The van der Waals surface area contributed by atoms with Gasteiger partial charge in [0.05, 0.1) is 13.2 Å². The standard InChI is InChI=1S/C17H27N3O3S/c1-19-9-7-17(8-10-19,16-5-3-2-4-6-16)15-18-24(21,22)20-11-13-23-14-12-20/h2-6,18H,7-15H2,1H3. The monoisotopic (exact) mass is 353 g/mol. The molecule has 0 unspecified atom stereocenters. The van der Waals surface area contributed by atoms with Crippen LogP contribution in [0.15, 0.2) is 30.3 Å². The van der Waals surface area contributed by atoms with Gasteiger partial charge in [-0.05, 0) is 38.5 Å². The van der Waals surface area contributed by atoms with E-state index >= 15 is 0 Å². The second-order valence-corrected chi connectivity index (χ2v) is 8.54. The average Bonchev–Trinajstić information content (AvgIpc) is 2.63. The third-order valence-corrected chi connectivity index (χ3v) is 6.79. The Labute approximate surface area is 145 Å². The molecule has 6 nitrogen and oxygen atoms in total. The zero-order chi connectivity index (χ0) is 17.0. The molecule has 2 saturated heterocycles. The molecule has 2 fully saturated rings. The molecule has 0 aliphatic carbocycles. The Bertz CT molecular complexity index is 622. The Kier molecular flexibility index (Phi) is 5.56. The molecule has 134 valence electrons. The highest BCUT2D eigenvalue weighted by Crippen LogP contribution is 2.34. The van der Waals surface area contributed by atoms with E-state index in [4.69, 9.17) is 4.74 Å². The summed E-state index contributed by atoms with van der Waals surface area (Å²) in [6.45, 7) is 4.20. The lowest BCUT2D eigenvalue weighted by molar-refractivity contribution is 0.0722. The van der Waals surface area contributed by atoms with E-state index in [9.17, 15) is 8.42 Å². The summed E-state index contributed by atoms with van der Waals surface area (Å²) in [5.41, 5.74) is 1.09. The first-order chi connectivity index (χ1) is 11.5. The van der Waals surface area contributed by atoms with Crippen LogP contribution in [-0.4, -0.2) is 70.6 Å². The molecule has 1 aromatic carbocycles. The normalized spacial score (nSPS) is 23.2. The van der Waals surface area contributed by atoms with Gasteiger partial charge in [0.2, 0.25) is 0 Å². The maximum atomic E-state index is 12.6. The Morgan fingerprint density at radius 3 is 2.33 bits per heavy atom. The summed E-state index contributed by atoms with van der Waals surface area (Å²) in [5, 5.41) is 0. The van der Waals surface area contributed by atoms with Crippen molar-refractivity contribution in [3.8, 4) is 0 Å². The molecule has 0 aromatic heterocycles. The Balaban J connectivity index is 1.75. The Hall–Kier alpha value is -0.990. The summed E-state index contributed by atoms with van der Waals surface area (Å²) in [4.78, 5) is 2.30. The fourth-order valence-electron chi connectivity index (χ4n) is 3.51. The second-order valence-electron chi connectivity index (χ2n) is 6.79. The molecule has 2 aliphatic heterocycles. The predicted molar refractivity (Wildman–Crippen MR) is 94.2 cm³/mol. The van der Waals surface area contributed by atoms with Crippen LogP contribution >= 0.6 is 0 Å². The van der Waals surface area contributed by atoms with Gasteiger partial charge in [0.1, 0.15) is 0 Å². The number of benzene rings is 1. The molecule has 1 N–H and O–H groups in total. The van der Waals surface area contributed by atoms with Crippen LogP contribution in [0.3, 0.4) is 0 Å². The zero-order valence-corrected chi connectivity index (χ0v) is 15.1. The molecule has 0 spiro atoms. The van der Waals surface area contributed by atoms with Gasteiger partial charge in [0, 0.05) is 25.0 Å². The highest BCUT2D eigenvalue weighted by molar-refractivity contribution is 7.87. The van der Waals surface area contributed by atoms with Crippen molar-refractivity contribution in [1.29, 1.82) is 0 Å². The number of hydrogen-bond donors (Lipinski definition) is 1. The van der Waals surface area contributed by atoms with E-state index in [1.807, 2.05) is 18.2 Å². The number of ether oxygens (including phenoxy) is 1. The van der Waals surface area contributed by atoms with Gasteiger partial charge in [0.25, 0.3) is 10.2 Å². The van der Waals surface area contributed by atoms with Crippen LogP contribution in [-0.2, 0) is 20.4 Å². The van der Waals surface area contributed by atoms with E-state index < -0.39 is 10.2 Å². The van der Waals surface area contributed by atoms with Crippen molar-refractivity contribution in [1.82, 2.24) is 13.9 Å². The molecule has 0 amide bonds. The third kappa shape index (κ3) is 3.97. The van der Waals surface area contributed by atoms with Crippen molar-refractivity contribution in [3.63, 3.8) is 0 Å². The maximum absolute atomic E-state index is 12.6. The SMILES string of the molecule is CN1CCC(CNS(=O)(=O)N2CCOCC2)(c2ccccc2)CC1. The molecular formula is C17H27N3O3S. The van der Waals surface area contributed by atoms with E-state index in [-0.39, 0.29) is 5.41 Å². The van der Waals surface area contributed by atoms with E-state index in [2.05, 4.69) is 28.8 Å². The number of nitrogens with one attached hydrogen (secondary N) is 1. The van der Waals surface area contributed by atoms with Crippen LogP contribution < -0.4 is 4.72 Å². The van der Waals surface area contributed by atoms with E-state index in [0.29, 0.717) is 32.8 Å². The van der Waals surface area contributed by atoms with Crippen LogP contribution in [0.25, 0.3) is 0 Å². The summed E-state index contributed by atoms with van der Waals surface area (Å²) >= 11 is 0. The third-order valence-electron chi connectivity index (χ3n) is 5.23. The average molecular weight is 353 g/mol. The van der Waals surface area contributed by atoms with Gasteiger partial charge in [-0.3, -0.25) is 0 Å². The number of nitrogens with zero attached hydrogens (tertiary/aromatic N) is 2. The molecule has 2 heterocycles. The van der Waals surface area contributed by atoms with Gasteiger partial charge in [0.15, 0.2) is 0 Å². The predicted octanol–water partition coefficient (Wildman–Crippen LogP) is 0.817. The van der Waals surface area contributed by atoms with Crippen molar-refractivity contribution >= 4 is 10.2 Å². The van der Waals surface area contributed by atoms with E-state index in [1.165, 1.54) is 9.87 Å². The molecule has 7 heteroatoms. The van der Waals surface area contributed by atoms with Gasteiger partial charge >= 0.3 is 0 Å². The Morgan fingerprint density at radius 2 is 1.71 bits per heavy atom. The van der Waals surface area contributed by atoms with Crippen LogP contribution in [0.5, 0.6) is 0 Å². The van der Waals surface area contributed by atoms with Gasteiger partial charge < -0.3 is 9.64 Å². The molecule has 24 heavy (non-hydrogen) atoms.